The highest BCUT2D eigenvalue weighted by Gasteiger charge is 2.48. The number of hydrogen-bond acceptors (Lipinski definition) is 9. The van der Waals surface area contributed by atoms with E-state index >= 15 is 0 Å². The van der Waals surface area contributed by atoms with E-state index in [4.69, 9.17) is 10.8 Å². The molecule has 3 N–H and O–H groups in total. The summed E-state index contributed by atoms with van der Waals surface area (Å²) in [7, 11) is 0. The lowest BCUT2D eigenvalue weighted by Crippen LogP contribution is -2.33. The highest BCUT2D eigenvalue weighted by Crippen LogP contribution is 2.49. The zero-order valence-electron chi connectivity index (χ0n) is 17.5. The second kappa shape index (κ2) is 8.56. The Morgan fingerprint density at radius 1 is 1.28 bits per heavy atom. The van der Waals surface area contributed by atoms with Crippen molar-refractivity contribution >= 4 is 56.8 Å². The van der Waals surface area contributed by atoms with Crippen molar-refractivity contribution < 1.29 is 4.39 Å². The number of nitriles is 1. The average molecular weight is 490 g/mol. The number of anilines is 1. The first-order valence-corrected chi connectivity index (χ1v) is 13.4. The summed E-state index contributed by atoms with van der Waals surface area (Å²) in [6.45, 7) is 1.51. The number of pyridine rings is 1. The van der Waals surface area contributed by atoms with E-state index < -0.39 is 11.0 Å². The fraction of sp³-hybridized carbons (Fsp3) is 0.524. The number of rotatable bonds is 7. The largest absolute Gasteiger partial charge is 0.368 e. The summed E-state index contributed by atoms with van der Waals surface area (Å²) in [5.74, 6) is 2.59. The summed E-state index contributed by atoms with van der Waals surface area (Å²) in [6.07, 6.45) is 6.77. The van der Waals surface area contributed by atoms with Crippen molar-refractivity contribution in [2.75, 3.05) is 36.2 Å². The first-order valence-electron chi connectivity index (χ1n) is 10.6. The van der Waals surface area contributed by atoms with Gasteiger partial charge in [-0.15, -0.1) is 0 Å². The Labute approximate surface area is 199 Å². The Balaban J connectivity index is 1.47. The van der Waals surface area contributed by atoms with Gasteiger partial charge in [0.05, 0.1) is 34.1 Å². The van der Waals surface area contributed by atoms with Crippen LogP contribution in [0.2, 0.25) is 0 Å². The van der Waals surface area contributed by atoms with Gasteiger partial charge in [0, 0.05) is 35.7 Å². The molecule has 0 amide bonds. The Morgan fingerprint density at radius 2 is 2.03 bits per heavy atom. The van der Waals surface area contributed by atoms with Crippen LogP contribution in [-0.4, -0.2) is 56.3 Å². The Hall–Kier alpha value is -1.74. The van der Waals surface area contributed by atoms with Crippen molar-refractivity contribution in [1.29, 1.82) is 16.1 Å². The van der Waals surface area contributed by atoms with Crippen LogP contribution < -0.4 is 9.62 Å². The molecule has 0 atom stereocenters. The van der Waals surface area contributed by atoms with E-state index in [0.717, 1.165) is 65.3 Å². The molecule has 3 heterocycles. The zero-order chi connectivity index (χ0) is 22.3. The topological polar surface area (TPSA) is 104 Å². The molecule has 3 aliphatic rings. The van der Waals surface area contributed by atoms with Crippen LogP contribution in [0.3, 0.4) is 0 Å². The molecule has 2 aromatic heterocycles. The van der Waals surface area contributed by atoms with Gasteiger partial charge >= 0.3 is 0 Å². The van der Waals surface area contributed by atoms with Crippen LogP contribution in [0.4, 0.5) is 10.1 Å². The van der Waals surface area contributed by atoms with Crippen LogP contribution in [0.25, 0.3) is 5.52 Å². The fourth-order valence-corrected chi connectivity index (χ4v) is 6.39. The zero-order valence-corrected chi connectivity index (χ0v) is 19.9. The second-order valence-electron chi connectivity index (χ2n) is 8.57. The van der Waals surface area contributed by atoms with Crippen LogP contribution in [0.15, 0.2) is 23.4 Å². The van der Waals surface area contributed by atoms with Gasteiger partial charge < -0.3 is 4.90 Å². The molecule has 0 unspecified atom stereocenters. The summed E-state index contributed by atoms with van der Waals surface area (Å²) >= 11 is 4.39. The molecule has 168 valence electrons. The minimum absolute atomic E-state index is 0.161. The molecule has 7 nitrogen and oxygen atoms in total. The summed E-state index contributed by atoms with van der Waals surface area (Å²) in [5, 5.41) is 26.7. The predicted octanol–water partition coefficient (Wildman–Crippen LogP) is 4.33. The number of hydrogen-bond donors (Lipinski definition) is 3. The van der Waals surface area contributed by atoms with E-state index in [1.54, 1.807) is 6.20 Å². The van der Waals surface area contributed by atoms with Crippen molar-refractivity contribution in [1.82, 2.24) is 14.1 Å². The van der Waals surface area contributed by atoms with Crippen molar-refractivity contribution in [2.24, 2.45) is 5.41 Å². The molecule has 2 aliphatic carbocycles. The van der Waals surface area contributed by atoms with Crippen molar-refractivity contribution in [3.05, 3.63) is 24.3 Å². The molecule has 0 radical (unpaired) electrons. The maximum absolute atomic E-state index is 13.4. The summed E-state index contributed by atoms with van der Waals surface area (Å²) in [6, 6.07) is 4.34. The maximum Gasteiger partial charge on any atom is 0.169 e. The number of imidazole rings is 1. The van der Waals surface area contributed by atoms with Crippen molar-refractivity contribution in [3.63, 3.8) is 0 Å². The third-order valence-corrected chi connectivity index (χ3v) is 9.17. The quantitative estimate of drug-likeness (QED) is 0.302. The Bertz CT molecular complexity index is 1110. The molecule has 2 saturated carbocycles. The molecule has 2 aromatic rings. The van der Waals surface area contributed by atoms with Crippen LogP contribution in [0, 0.1) is 27.6 Å². The lowest BCUT2D eigenvalue weighted by atomic mass is 10.2. The van der Waals surface area contributed by atoms with Crippen LogP contribution in [0.5, 0.6) is 0 Å². The van der Waals surface area contributed by atoms with Gasteiger partial charge in [-0.2, -0.15) is 17.0 Å². The smallest absolute Gasteiger partial charge is 0.169 e. The SMILES string of the molecule is N#CC1(C(=N)SC(=N)c2ncc3c(N4CCSCC4)cc(SNC4(CF)CC4)cn23)CC1. The van der Waals surface area contributed by atoms with E-state index in [9.17, 15) is 9.65 Å². The molecule has 5 rings (SSSR count). The Morgan fingerprint density at radius 3 is 2.66 bits per heavy atom. The van der Waals surface area contributed by atoms with Gasteiger partial charge in [-0.05, 0) is 43.7 Å². The maximum atomic E-state index is 13.4. The van der Waals surface area contributed by atoms with Crippen LogP contribution in [0.1, 0.15) is 31.5 Å². The predicted molar refractivity (Wildman–Crippen MR) is 131 cm³/mol. The van der Waals surface area contributed by atoms with Gasteiger partial charge in [0.15, 0.2) is 5.82 Å². The number of fused-ring (bicyclic) bond motifs is 1. The van der Waals surface area contributed by atoms with Gasteiger partial charge in [-0.25, -0.2) is 9.37 Å². The number of nitrogens with one attached hydrogen (secondary N) is 3. The molecule has 1 aliphatic heterocycles. The van der Waals surface area contributed by atoms with Gasteiger partial charge in [0.1, 0.15) is 17.1 Å². The normalized spacial score (nSPS) is 20.7. The Kier molecular flexibility index (Phi) is 5.90. The molecule has 0 aromatic carbocycles. The lowest BCUT2D eigenvalue weighted by molar-refractivity contribution is 0.402. The highest BCUT2D eigenvalue weighted by molar-refractivity contribution is 8.26. The van der Waals surface area contributed by atoms with Gasteiger partial charge in [0.2, 0.25) is 0 Å². The minimum Gasteiger partial charge on any atom is -0.368 e. The van der Waals surface area contributed by atoms with E-state index in [1.807, 2.05) is 22.4 Å². The summed E-state index contributed by atoms with van der Waals surface area (Å²) in [4.78, 5) is 7.81. The number of aromatic nitrogens is 2. The number of halogens is 1. The summed E-state index contributed by atoms with van der Waals surface area (Å²) < 4.78 is 18.6. The average Bonchev–Trinajstić information content (AvgIpc) is 3.74. The van der Waals surface area contributed by atoms with E-state index in [1.165, 1.54) is 11.9 Å². The van der Waals surface area contributed by atoms with Crippen LogP contribution in [-0.2, 0) is 0 Å². The van der Waals surface area contributed by atoms with Crippen molar-refractivity contribution in [2.45, 2.75) is 36.1 Å². The third-order valence-electron chi connectivity index (χ3n) is 6.25. The first kappa shape index (κ1) is 22.1. The molecule has 1 saturated heterocycles. The molecule has 0 spiro atoms. The van der Waals surface area contributed by atoms with E-state index in [0.29, 0.717) is 18.7 Å². The van der Waals surface area contributed by atoms with Gasteiger partial charge in [-0.3, -0.25) is 19.9 Å². The number of nitrogens with zero attached hydrogens (tertiary/aromatic N) is 4. The monoisotopic (exact) mass is 489 g/mol. The fourth-order valence-electron chi connectivity index (χ4n) is 3.68. The summed E-state index contributed by atoms with van der Waals surface area (Å²) in [5.41, 5.74) is 0.856. The third kappa shape index (κ3) is 4.14. The number of thioether (sulfide) groups is 2. The van der Waals surface area contributed by atoms with E-state index in [2.05, 4.69) is 26.7 Å². The molecule has 32 heavy (non-hydrogen) atoms. The van der Waals surface area contributed by atoms with Crippen LogP contribution >= 0.6 is 35.5 Å². The standard InChI is InChI=1S/C21H24FN7S3/c22-12-21(3-4-21)27-32-14-9-15(28-5-7-30-8-6-28)16-10-26-18(29(16)11-14)17(24)31-19(25)20(13-23)1-2-20/h9-11,24-25,27H,1-8,12H2. The minimum atomic E-state index is -0.712. The molecular weight excluding hydrogens is 465 g/mol. The molecule has 3 fully saturated rings. The molecule has 0 bridgehead atoms. The molecule has 11 heteroatoms. The highest BCUT2D eigenvalue weighted by atomic mass is 32.2. The number of alkyl halides is 1. The van der Waals surface area contributed by atoms with Crippen molar-refractivity contribution in [3.8, 4) is 6.07 Å². The van der Waals surface area contributed by atoms with E-state index in [-0.39, 0.29) is 16.8 Å². The second-order valence-corrected chi connectivity index (χ2v) is 11.7. The lowest BCUT2D eigenvalue weighted by Gasteiger charge is -2.29. The van der Waals surface area contributed by atoms with Gasteiger partial charge in [-0.1, -0.05) is 11.8 Å². The molecular formula is C21H24FN7S3. The first-order chi connectivity index (χ1) is 15.5. The van der Waals surface area contributed by atoms with Gasteiger partial charge in [0.25, 0.3) is 0 Å².